The summed E-state index contributed by atoms with van der Waals surface area (Å²) in [5, 5.41) is 0. The fraction of sp³-hybridized carbons (Fsp3) is 0.647. The molecule has 0 spiro atoms. The highest BCUT2D eigenvalue weighted by Gasteiger charge is 2.33. The molecule has 0 saturated carbocycles. The summed E-state index contributed by atoms with van der Waals surface area (Å²) in [5.41, 5.74) is 0. The van der Waals surface area contributed by atoms with Crippen LogP contribution in [-0.4, -0.2) is 57.5 Å². The maximum absolute atomic E-state index is 12.9. The van der Waals surface area contributed by atoms with Gasteiger partial charge in [-0.2, -0.15) is 0 Å². The van der Waals surface area contributed by atoms with E-state index in [0.717, 1.165) is 51.7 Å². The third-order valence-corrected chi connectivity index (χ3v) is 4.85. The number of nitrogens with zero attached hydrogens (tertiary/aromatic N) is 4. The Kier molecular flexibility index (Phi) is 4.79. The molecule has 2 aliphatic rings. The van der Waals surface area contributed by atoms with Gasteiger partial charge in [0.25, 0.3) is 0 Å². The van der Waals surface area contributed by atoms with Crippen LogP contribution in [0.5, 0.6) is 0 Å². The van der Waals surface area contributed by atoms with Gasteiger partial charge in [0.15, 0.2) is 0 Å². The Hall–Kier alpha value is -1.80. The molecule has 5 heteroatoms. The average Bonchev–Trinajstić information content (AvgIpc) is 3.10. The van der Waals surface area contributed by atoms with Gasteiger partial charge in [-0.25, -0.2) is 4.98 Å². The number of amides is 1. The first-order valence-electron chi connectivity index (χ1n) is 8.23. The van der Waals surface area contributed by atoms with Gasteiger partial charge >= 0.3 is 0 Å². The molecule has 1 aromatic rings. The van der Waals surface area contributed by atoms with Gasteiger partial charge in [0.05, 0.1) is 25.0 Å². The Balaban J connectivity index is 1.67. The third-order valence-electron chi connectivity index (χ3n) is 4.85. The van der Waals surface area contributed by atoms with Crippen molar-refractivity contribution in [3.8, 4) is 12.3 Å². The van der Waals surface area contributed by atoms with Crippen molar-refractivity contribution in [2.45, 2.75) is 44.2 Å². The summed E-state index contributed by atoms with van der Waals surface area (Å²) in [7, 11) is 0. The first-order chi connectivity index (χ1) is 10.8. The van der Waals surface area contributed by atoms with E-state index >= 15 is 0 Å². The van der Waals surface area contributed by atoms with Crippen molar-refractivity contribution in [1.29, 1.82) is 0 Å². The molecule has 0 aromatic carbocycles. The van der Waals surface area contributed by atoms with Gasteiger partial charge in [0.2, 0.25) is 5.91 Å². The Labute approximate surface area is 132 Å². The normalized spacial score (nSPS) is 26.6. The van der Waals surface area contributed by atoms with E-state index in [1.807, 2.05) is 17.4 Å². The van der Waals surface area contributed by atoms with E-state index in [1.54, 1.807) is 6.20 Å². The lowest BCUT2D eigenvalue weighted by Gasteiger charge is -2.40. The predicted octanol–water partition coefficient (Wildman–Crippen LogP) is 1.53. The van der Waals surface area contributed by atoms with Crippen LogP contribution >= 0.6 is 0 Å². The zero-order valence-corrected chi connectivity index (χ0v) is 13.0. The molecule has 2 saturated heterocycles. The van der Waals surface area contributed by atoms with Gasteiger partial charge < -0.3 is 9.47 Å². The second-order valence-corrected chi connectivity index (χ2v) is 6.28. The molecule has 3 rings (SSSR count). The Morgan fingerprint density at radius 1 is 1.27 bits per heavy atom. The van der Waals surface area contributed by atoms with Gasteiger partial charge in [-0.15, -0.1) is 6.42 Å². The van der Waals surface area contributed by atoms with Gasteiger partial charge in [-0.3, -0.25) is 9.69 Å². The van der Waals surface area contributed by atoms with Gasteiger partial charge in [-0.05, 0) is 32.2 Å². The molecule has 0 unspecified atom stereocenters. The number of likely N-dealkylation sites (tertiary alicyclic amines) is 2. The van der Waals surface area contributed by atoms with Crippen LogP contribution in [0.2, 0.25) is 0 Å². The topological polar surface area (TPSA) is 41.4 Å². The molecule has 2 aliphatic heterocycles. The first-order valence-corrected chi connectivity index (χ1v) is 8.23. The smallest absolute Gasteiger partial charge is 0.240 e. The molecule has 0 N–H and O–H groups in total. The number of piperidine rings is 2. The molecule has 22 heavy (non-hydrogen) atoms. The van der Waals surface area contributed by atoms with E-state index in [4.69, 9.17) is 6.42 Å². The SMILES string of the molecule is C#CCN1CCCC[C@H]1C(=O)N1CCC[C@H](n2ccnc2)C1. The number of rotatable bonds is 3. The quantitative estimate of drug-likeness (QED) is 0.795. The van der Waals surface area contributed by atoms with E-state index in [0.29, 0.717) is 12.6 Å². The summed E-state index contributed by atoms with van der Waals surface area (Å²) < 4.78 is 2.12. The number of hydrogen-bond acceptors (Lipinski definition) is 3. The maximum Gasteiger partial charge on any atom is 0.240 e. The van der Waals surface area contributed by atoms with Gasteiger partial charge in [0.1, 0.15) is 0 Å². The summed E-state index contributed by atoms with van der Waals surface area (Å²) in [6.07, 6.45) is 16.5. The molecule has 1 aromatic heterocycles. The monoisotopic (exact) mass is 300 g/mol. The third kappa shape index (κ3) is 3.17. The van der Waals surface area contributed by atoms with Crippen LogP contribution < -0.4 is 0 Å². The van der Waals surface area contributed by atoms with Crippen molar-refractivity contribution in [1.82, 2.24) is 19.4 Å². The lowest BCUT2D eigenvalue weighted by Crippen LogP contribution is -2.53. The van der Waals surface area contributed by atoms with Crippen molar-refractivity contribution in [3.05, 3.63) is 18.7 Å². The van der Waals surface area contributed by atoms with Crippen LogP contribution in [0.15, 0.2) is 18.7 Å². The number of carbonyl (C=O) groups excluding carboxylic acids is 1. The largest absolute Gasteiger partial charge is 0.339 e. The highest BCUT2D eigenvalue weighted by Crippen LogP contribution is 2.25. The summed E-state index contributed by atoms with van der Waals surface area (Å²) >= 11 is 0. The minimum Gasteiger partial charge on any atom is -0.339 e. The fourth-order valence-electron chi connectivity index (χ4n) is 3.67. The average molecular weight is 300 g/mol. The van der Waals surface area contributed by atoms with Crippen LogP contribution in [0.4, 0.5) is 0 Å². The summed E-state index contributed by atoms with van der Waals surface area (Å²) in [5.74, 6) is 2.96. The lowest BCUT2D eigenvalue weighted by atomic mass is 9.98. The molecule has 2 atom stereocenters. The zero-order chi connectivity index (χ0) is 15.4. The maximum atomic E-state index is 12.9. The van der Waals surface area contributed by atoms with Crippen molar-refractivity contribution in [3.63, 3.8) is 0 Å². The first kappa shape index (κ1) is 15.1. The van der Waals surface area contributed by atoms with Crippen LogP contribution in [0.3, 0.4) is 0 Å². The molecular weight excluding hydrogens is 276 g/mol. The molecular formula is C17H24N4O. The molecule has 3 heterocycles. The predicted molar refractivity (Wildman–Crippen MR) is 85.1 cm³/mol. The Morgan fingerprint density at radius 3 is 2.95 bits per heavy atom. The van der Waals surface area contributed by atoms with Crippen molar-refractivity contribution in [2.24, 2.45) is 0 Å². The van der Waals surface area contributed by atoms with E-state index < -0.39 is 0 Å². The van der Waals surface area contributed by atoms with Crippen molar-refractivity contribution < 1.29 is 4.79 Å². The second-order valence-electron chi connectivity index (χ2n) is 6.28. The van der Waals surface area contributed by atoms with E-state index in [-0.39, 0.29) is 11.9 Å². The Bertz CT molecular complexity index is 533. The van der Waals surface area contributed by atoms with Crippen molar-refractivity contribution >= 4 is 5.91 Å². The molecule has 5 nitrogen and oxygen atoms in total. The second kappa shape index (κ2) is 6.97. The van der Waals surface area contributed by atoms with E-state index in [9.17, 15) is 4.79 Å². The van der Waals surface area contributed by atoms with Gasteiger partial charge in [-0.1, -0.05) is 12.3 Å². The summed E-state index contributed by atoms with van der Waals surface area (Å²) in [6.45, 7) is 3.18. The van der Waals surface area contributed by atoms with Crippen molar-refractivity contribution in [2.75, 3.05) is 26.2 Å². The number of terminal acetylenes is 1. The van der Waals surface area contributed by atoms with Crippen LogP contribution in [0, 0.1) is 12.3 Å². The fourth-order valence-corrected chi connectivity index (χ4v) is 3.67. The summed E-state index contributed by atoms with van der Waals surface area (Å²) in [6, 6.07) is 0.330. The summed E-state index contributed by atoms with van der Waals surface area (Å²) in [4.78, 5) is 21.3. The number of imidazole rings is 1. The zero-order valence-electron chi connectivity index (χ0n) is 13.0. The number of carbonyl (C=O) groups is 1. The standard InChI is InChI=1S/C17H24N4O/c1-2-9-19-10-4-3-7-16(19)17(22)20-11-5-6-15(13-20)21-12-8-18-14-21/h1,8,12,14-16H,3-7,9-11,13H2/t15-,16-/m0/s1. The van der Waals surface area contributed by atoms with Gasteiger partial charge in [0, 0.05) is 25.5 Å². The molecule has 0 bridgehead atoms. The molecule has 118 valence electrons. The lowest BCUT2D eigenvalue weighted by molar-refractivity contribution is -0.139. The molecule has 0 radical (unpaired) electrons. The number of aromatic nitrogens is 2. The Morgan fingerprint density at radius 2 is 2.18 bits per heavy atom. The van der Waals surface area contributed by atoms with Crippen LogP contribution in [0.25, 0.3) is 0 Å². The number of hydrogen-bond donors (Lipinski definition) is 0. The molecule has 2 fully saturated rings. The minimum absolute atomic E-state index is 0.0219. The molecule has 0 aliphatic carbocycles. The highest BCUT2D eigenvalue weighted by atomic mass is 16.2. The van der Waals surface area contributed by atoms with Crippen LogP contribution in [-0.2, 0) is 4.79 Å². The minimum atomic E-state index is -0.0219. The van der Waals surface area contributed by atoms with E-state index in [2.05, 4.69) is 20.4 Å². The highest BCUT2D eigenvalue weighted by molar-refractivity contribution is 5.82. The molecule has 1 amide bonds. The van der Waals surface area contributed by atoms with Crippen LogP contribution in [0.1, 0.15) is 38.1 Å². The van der Waals surface area contributed by atoms with E-state index in [1.165, 1.54) is 0 Å².